The van der Waals surface area contributed by atoms with Crippen LogP contribution in [0.15, 0.2) is 146 Å². The number of methoxy groups -OCH3 is 1. The predicted molar refractivity (Wildman–Crippen MR) is 353 cm³/mol. The lowest BCUT2D eigenvalue weighted by molar-refractivity contribution is 0.113. The van der Waals surface area contributed by atoms with E-state index in [0.29, 0.717) is 54.6 Å². The van der Waals surface area contributed by atoms with Gasteiger partial charge in [-0.15, -0.1) is 58.0 Å². The number of halogens is 5. The molecule has 0 fully saturated rings. The Labute approximate surface area is 554 Å². The minimum atomic E-state index is -2.42. The van der Waals surface area contributed by atoms with Gasteiger partial charge in [-0.25, -0.2) is 50.0 Å². The van der Waals surface area contributed by atoms with Crippen LogP contribution in [0.2, 0.25) is 0 Å². The average molecular weight is 1510 g/mol. The molecule has 0 aromatic heterocycles. The van der Waals surface area contributed by atoms with Crippen LogP contribution in [-0.2, 0) is 77.5 Å². The van der Waals surface area contributed by atoms with Crippen LogP contribution in [0, 0.1) is 0 Å². The van der Waals surface area contributed by atoms with Gasteiger partial charge in [0.25, 0.3) is 6.79 Å². The van der Waals surface area contributed by atoms with Crippen molar-refractivity contribution < 1.29 is 105 Å². The fraction of sp³-hybridized carbons (Fsp3) is 0.412. The highest BCUT2D eigenvalue weighted by Crippen LogP contribution is 2.36. The molecule has 0 heterocycles. The summed E-state index contributed by atoms with van der Waals surface area (Å²) in [7, 11) is -9.56. The molecular weight excluding hydrogens is 1440 g/mol. The predicted octanol–water partition coefficient (Wildman–Crippen LogP) is 22.0. The summed E-state index contributed by atoms with van der Waals surface area (Å²) in [5.74, 6) is 3.43. The van der Waals surface area contributed by atoms with Gasteiger partial charge in [-0.1, -0.05) is 132 Å². The van der Waals surface area contributed by atoms with E-state index in [0.717, 1.165) is 6.42 Å². The smallest absolute Gasteiger partial charge is 0.382 e. The Balaban J connectivity index is -0.000000189. The number of para-hydroxylation sites is 4. The molecule has 0 radical (unpaired) electrons. The van der Waals surface area contributed by atoms with E-state index in [4.69, 9.17) is 94.2 Å². The van der Waals surface area contributed by atoms with E-state index in [1.54, 1.807) is 141 Å². The van der Waals surface area contributed by atoms with Crippen LogP contribution in [-0.4, -0.2) is 81.4 Å². The molecule has 23 nitrogen and oxygen atoms in total. The van der Waals surface area contributed by atoms with E-state index >= 15 is 0 Å². The molecule has 0 aliphatic carbocycles. The zero-order chi connectivity index (χ0) is 62.0. The molecule has 5 aromatic carbocycles. The van der Waals surface area contributed by atoms with Crippen LogP contribution in [0.25, 0.3) is 0 Å². The molecule has 0 aliphatic heterocycles. The van der Waals surface area contributed by atoms with Crippen LogP contribution in [0.5, 0.6) is 34.5 Å². The van der Waals surface area contributed by atoms with Crippen molar-refractivity contribution in [3.05, 3.63) is 146 Å². The zero-order valence-corrected chi connectivity index (χ0v) is 55.8. The molecule has 6 atom stereocenters. The second-order valence-corrected chi connectivity index (χ2v) is 20.9. The van der Waals surface area contributed by atoms with E-state index in [1.807, 2.05) is 19.1 Å². The maximum atomic E-state index is 11.9. The van der Waals surface area contributed by atoms with Crippen molar-refractivity contribution in [1.82, 2.24) is 0 Å². The summed E-state index contributed by atoms with van der Waals surface area (Å²) in [6.45, 7) is 4.95. The van der Waals surface area contributed by atoms with Gasteiger partial charge >= 0.3 is 76.5 Å². The Kier molecular flexibility index (Phi) is 81.7. The Bertz CT molecular complexity index is 2350. The summed E-state index contributed by atoms with van der Waals surface area (Å²) in [4.78, 5) is 0. The van der Waals surface area contributed by atoms with E-state index < -0.39 is 39.8 Å². The van der Waals surface area contributed by atoms with Gasteiger partial charge in [0.1, 0.15) is 0 Å². The van der Waals surface area contributed by atoms with E-state index in [9.17, 15) is 41.1 Å². The van der Waals surface area contributed by atoms with Crippen LogP contribution in [0.1, 0.15) is 57.4 Å². The molecule has 0 spiro atoms. The van der Waals surface area contributed by atoms with Crippen LogP contribution < -0.4 is 27.1 Å². The second kappa shape index (κ2) is 73.0. The average Bonchev–Trinajstić information content (AvgIpc) is 3.63. The monoisotopic (exact) mass is 1510 g/mol. The van der Waals surface area contributed by atoms with Crippen molar-refractivity contribution in [2.24, 2.45) is 0 Å². The van der Waals surface area contributed by atoms with Crippen molar-refractivity contribution in [2.75, 3.05) is 63.9 Å². The van der Waals surface area contributed by atoms with Crippen molar-refractivity contribution >= 4 is 134 Å². The minimum absolute atomic E-state index is 0. The van der Waals surface area contributed by atoms with Crippen LogP contribution in [0.3, 0.4) is 0 Å². The first-order valence-corrected chi connectivity index (χ1v) is 33.5. The van der Waals surface area contributed by atoms with Crippen LogP contribution in [0.4, 0.5) is 0 Å². The summed E-state index contributed by atoms with van der Waals surface area (Å²) in [6.07, 6.45) is 0.522. The van der Waals surface area contributed by atoms with E-state index in [2.05, 4.69) is 27.4 Å². The zero-order valence-electron chi connectivity index (χ0n) is 44.0. The van der Waals surface area contributed by atoms with Gasteiger partial charge in [0.2, 0.25) is 0 Å². The Morgan fingerprint density at radius 2 is 0.761 bits per heavy atom. The number of hydrogen-bond donors (Lipinski definition) is 0. The second-order valence-electron chi connectivity index (χ2n) is 13.7. The van der Waals surface area contributed by atoms with Crippen molar-refractivity contribution in [3.63, 3.8) is 0 Å². The number of benzene rings is 5. The number of hydrogen-bond acceptors (Lipinski definition) is 23. The normalized spacial score (nSPS) is 11.0. The maximum Gasteiger partial charge on any atom is 0.805 e. The first-order chi connectivity index (χ1) is 40.2. The molecule has 0 amide bonds. The lowest BCUT2D eigenvalue weighted by atomic mass is 10.3. The highest BCUT2D eigenvalue weighted by Gasteiger charge is 2.30. The lowest BCUT2D eigenvalue weighted by Crippen LogP contribution is -2.10. The third-order valence-corrected chi connectivity index (χ3v) is 13.8. The molecule has 0 saturated carbocycles. The van der Waals surface area contributed by atoms with Gasteiger partial charge in [-0.3, -0.25) is 22.6 Å². The Morgan fingerprint density at radius 1 is 0.420 bits per heavy atom. The van der Waals surface area contributed by atoms with Crippen molar-refractivity contribution in [3.8, 4) is 34.5 Å². The summed E-state index contributed by atoms with van der Waals surface area (Å²) in [5.41, 5.74) is 0. The maximum absolute atomic E-state index is 11.9. The van der Waals surface area contributed by atoms with Gasteiger partial charge in [0.05, 0.1) is 55.8 Å². The van der Waals surface area contributed by atoms with Crippen molar-refractivity contribution in [2.45, 2.75) is 75.0 Å². The topological polar surface area (TPSA) is 283 Å². The van der Waals surface area contributed by atoms with Gasteiger partial charge in [0.15, 0.2) is 34.5 Å². The molecule has 0 saturated heterocycles. The molecule has 6 unspecified atom stereocenters. The largest absolute Gasteiger partial charge is 0.805 e. The first kappa shape index (κ1) is 98.5. The highest BCUT2D eigenvalue weighted by molar-refractivity contribution is 7.35. The highest BCUT2D eigenvalue weighted by atomic mass is 35.5. The molecular formula is C51H76Cl5O23P9+4. The molecule has 37 heteroatoms. The fourth-order valence-electron chi connectivity index (χ4n) is 3.93. The molecule has 0 bridgehead atoms. The van der Waals surface area contributed by atoms with E-state index in [-0.39, 0.29) is 128 Å². The Morgan fingerprint density at radius 3 is 1.03 bits per heavy atom. The van der Waals surface area contributed by atoms with Crippen LogP contribution >= 0.6 is 134 Å². The summed E-state index contributed by atoms with van der Waals surface area (Å²) in [6, 6.07) is 40.7. The number of rotatable bonds is 34. The molecule has 88 heavy (non-hydrogen) atoms. The van der Waals surface area contributed by atoms with Gasteiger partial charge in [0, 0.05) is 43.2 Å². The molecule has 0 N–H and O–H groups in total. The summed E-state index contributed by atoms with van der Waals surface area (Å²) in [5, 5.41) is -0.238. The minimum Gasteiger partial charge on any atom is -0.382 e. The summed E-state index contributed by atoms with van der Waals surface area (Å²) < 4.78 is 162. The van der Waals surface area contributed by atoms with Gasteiger partial charge < -0.3 is 4.74 Å². The van der Waals surface area contributed by atoms with Crippen molar-refractivity contribution in [1.29, 1.82) is 0 Å². The molecule has 0 aliphatic rings. The van der Waals surface area contributed by atoms with Gasteiger partial charge in [-0.05, 0) is 74.0 Å². The molecule has 5 rings (SSSR count). The fourth-order valence-corrected chi connectivity index (χ4v) is 8.38. The van der Waals surface area contributed by atoms with E-state index in [1.165, 1.54) is 6.07 Å². The molecule has 5 aromatic rings. The standard InChI is InChI=1S/C18H14O6P2.C13H12O6P2.2C3H5Cl2O2P.C3H6ClO2P.C3H7O3P.C3H7O2P.5CH4/c19-25(21-15-8-3-1-4-9-15)23-17-12-7-13-18(14-17)24-26(20)22-16-10-5-2-6-11-16;14-20(18-12-7-3-1-4-8-12)16-11-17-21(15)19-13-9-5-2-6-10-13;4-1-3(5)2-7-8-6;4-1-3(2-5)7-8-6;1-3(2-4)6-7-5;1-5-2-3-6-7-4;1-2-3-5-6-4;;;;;/h1-14H;1-10H,11H2;2*3H,1-2H2;3H,2H2,1H3;2-3H2,1H3;2-3H2,1H3;5*1H4/q2*+2;;;;;;;;;;. The lowest BCUT2D eigenvalue weighted by Gasteiger charge is -2.01. The Hall–Kier alpha value is -3.07. The third-order valence-electron chi connectivity index (χ3n) is 7.41. The number of alkyl halides is 5. The number of ether oxygens (including phenoxy) is 1. The van der Waals surface area contributed by atoms with Gasteiger partial charge in [-0.2, -0.15) is 0 Å². The molecule has 494 valence electrons. The first-order valence-electron chi connectivity index (χ1n) is 22.9. The summed E-state index contributed by atoms with van der Waals surface area (Å²) >= 11 is 26.6. The SMILES string of the molecule is C.C.C.C.C.CC(CCl)OP=O.CCCOP=O.COCCOP=O.O=POC(CCl)CCl.O=POCC(Cl)CCl.O=[P+](OCO[P+](=O)Oc1ccccc1)Oc1ccccc1.O=[P+](Oc1ccccc1)Oc1cccc(O[P+](=O)Oc2ccccc2)c1. The quantitative estimate of drug-likeness (QED) is 0.0160. The third kappa shape index (κ3) is 63.1.